The molecule has 13 heavy (non-hydrogen) atoms. The molecule has 0 aromatic carbocycles. The van der Waals surface area contributed by atoms with Crippen molar-refractivity contribution in [3.63, 3.8) is 0 Å². The molecule has 0 radical (unpaired) electrons. The molecule has 0 saturated heterocycles. The number of halogens is 1. The van der Waals surface area contributed by atoms with Crippen molar-refractivity contribution in [2.75, 3.05) is 6.54 Å². The fourth-order valence-corrected chi connectivity index (χ4v) is 1.48. The molecule has 1 heterocycles. The first-order chi connectivity index (χ1) is 6.07. The van der Waals surface area contributed by atoms with Crippen LogP contribution in [0, 0.1) is 0 Å². The summed E-state index contributed by atoms with van der Waals surface area (Å²) in [5, 5.41) is 14.0. The van der Waals surface area contributed by atoms with Crippen LogP contribution in [0.5, 0.6) is 0 Å². The third-order valence-corrected chi connectivity index (χ3v) is 2.22. The quantitative estimate of drug-likeness (QED) is 0.774. The summed E-state index contributed by atoms with van der Waals surface area (Å²) in [5.74, 6) is 0. The van der Waals surface area contributed by atoms with Crippen LogP contribution in [0.1, 0.15) is 31.6 Å². The summed E-state index contributed by atoms with van der Waals surface area (Å²) in [7, 11) is 0. The van der Waals surface area contributed by atoms with Gasteiger partial charge in [-0.25, -0.2) is 0 Å². The summed E-state index contributed by atoms with van der Waals surface area (Å²) in [4.78, 5) is 0. The Morgan fingerprint density at radius 2 is 2.31 bits per heavy atom. The van der Waals surface area contributed by atoms with Crippen molar-refractivity contribution in [2.45, 2.75) is 26.0 Å². The largest absolute Gasteiger partial charge is 0.387 e. The van der Waals surface area contributed by atoms with E-state index in [9.17, 15) is 5.11 Å². The van der Waals surface area contributed by atoms with E-state index in [2.05, 4.69) is 5.10 Å². The number of aliphatic hydroxyl groups excluding tert-OH is 1. The second-order valence-electron chi connectivity index (χ2n) is 3.18. The predicted molar refractivity (Wildman–Crippen MR) is 51.6 cm³/mol. The SMILES string of the molecule is CC(C)n1ncc(C(O)CN)c1Cl. The molecule has 1 aromatic heterocycles. The van der Waals surface area contributed by atoms with E-state index in [1.54, 1.807) is 10.9 Å². The minimum atomic E-state index is -0.722. The van der Waals surface area contributed by atoms with Gasteiger partial charge in [0, 0.05) is 18.2 Å². The van der Waals surface area contributed by atoms with Crippen LogP contribution in [0.3, 0.4) is 0 Å². The normalized spacial score (nSPS) is 13.7. The van der Waals surface area contributed by atoms with Crippen LogP contribution in [0.25, 0.3) is 0 Å². The van der Waals surface area contributed by atoms with Gasteiger partial charge < -0.3 is 10.8 Å². The molecular formula is C8H14ClN3O. The van der Waals surface area contributed by atoms with E-state index in [0.717, 1.165) is 0 Å². The highest BCUT2D eigenvalue weighted by Crippen LogP contribution is 2.24. The first kappa shape index (κ1) is 10.5. The van der Waals surface area contributed by atoms with Crippen molar-refractivity contribution in [3.8, 4) is 0 Å². The van der Waals surface area contributed by atoms with Gasteiger partial charge in [-0.1, -0.05) is 11.6 Å². The van der Waals surface area contributed by atoms with Crippen molar-refractivity contribution < 1.29 is 5.11 Å². The Kier molecular flexibility index (Phi) is 3.30. The number of aliphatic hydroxyl groups is 1. The monoisotopic (exact) mass is 203 g/mol. The lowest BCUT2D eigenvalue weighted by atomic mass is 10.2. The van der Waals surface area contributed by atoms with Crippen LogP contribution < -0.4 is 5.73 Å². The Hall–Kier alpha value is -0.580. The standard InChI is InChI=1S/C8H14ClN3O/c1-5(2)12-8(9)6(4-11-12)7(13)3-10/h4-5,7,13H,3,10H2,1-2H3. The number of nitrogens with zero attached hydrogens (tertiary/aromatic N) is 2. The molecule has 74 valence electrons. The van der Waals surface area contributed by atoms with Crippen LogP contribution in [0.2, 0.25) is 5.15 Å². The summed E-state index contributed by atoms with van der Waals surface area (Å²) in [6.07, 6.45) is 0.833. The number of hydrogen-bond acceptors (Lipinski definition) is 3. The molecule has 4 nitrogen and oxygen atoms in total. The Morgan fingerprint density at radius 3 is 2.69 bits per heavy atom. The smallest absolute Gasteiger partial charge is 0.133 e. The second-order valence-corrected chi connectivity index (χ2v) is 3.54. The van der Waals surface area contributed by atoms with E-state index in [4.69, 9.17) is 17.3 Å². The van der Waals surface area contributed by atoms with E-state index in [0.29, 0.717) is 10.7 Å². The van der Waals surface area contributed by atoms with Crippen molar-refractivity contribution in [1.82, 2.24) is 9.78 Å². The van der Waals surface area contributed by atoms with E-state index < -0.39 is 6.10 Å². The second kappa shape index (κ2) is 4.09. The summed E-state index contributed by atoms with van der Waals surface area (Å²) >= 11 is 5.98. The van der Waals surface area contributed by atoms with Gasteiger partial charge in [0.2, 0.25) is 0 Å². The molecule has 1 aromatic rings. The Labute approximate surface area is 82.3 Å². The maximum Gasteiger partial charge on any atom is 0.133 e. The number of nitrogens with two attached hydrogens (primary N) is 1. The first-order valence-electron chi connectivity index (χ1n) is 4.19. The Bertz CT molecular complexity index is 285. The molecule has 0 aliphatic rings. The molecule has 0 spiro atoms. The Balaban J connectivity index is 2.99. The van der Waals surface area contributed by atoms with Crippen molar-refractivity contribution in [2.24, 2.45) is 5.73 Å². The van der Waals surface area contributed by atoms with Crippen LogP contribution in [0.15, 0.2) is 6.20 Å². The van der Waals surface area contributed by atoms with Gasteiger partial charge >= 0.3 is 0 Å². The average molecular weight is 204 g/mol. The van der Waals surface area contributed by atoms with Gasteiger partial charge in [-0.3, -0.25) is 4.68 Å². The van der Waals surface area contributed by atoms with Gasteiger partial charge in [0.05, 0.1) is 12.3 Å². The highest BCUT2D eigenvalue weighted by atomic mass is 35.5. The molecular weight excluding hydrogens is 190 g/mol. The first-order valence-corrected chi connectivity index (χ1v) is 4.56. The van der Waals surface area contributed by atoms with E-state index in [-0.39, 0.29) is 12.6 Å². The summed E-state index contributed by atoms with van der Waals surface area (Å²) in [6, 6.07) is 0.186. The number of hydrogen-bond donors (Lipinski definition) is 2. The zero-order chi connectivity index (χ0) is 10.0. The fraction of sp³-hybridized carbons (Fsp3) is 0.625. The van der Waals surface area contributed by atoms with Crippen LogP contribution in [-0.2, 0) is 0 Å². The lowest BCUT2D eigenvalue weighted by molar-refractivity contribution is 0.186. The molecule has 1 rings (SSSR count). The highest BCUT2D eigenvalue weighted by molar-refractivity contribution is 6.30. The lowest BCUT2D eigenvalue weighted by Gasteiger charge is -2.09. The molecule has 0 aliphatic carbocycles. The molecule has 1 atom stereocenters. The molecule has 0 bridgehead atoms. The Morgan fingerprint density at radius 1 is 1.69 bits per heavy atom. The molecule has 5 heteroatoms. The van der Waals surface area contributed by atoms with Crippen molar-refractivity contribution in [1.29, 1.82) is 0 Å². The number of aromatic nitrogens is 2. The summed E-state index contributed by atoms with van der Waals surface area (Å²) in [6.45, 7) is 4.10. The zero-order valence-corrected chi connectivity index (χ0v) is 8.49. The third kappa shape index (κ3) is 2.02. The molecule has 0 aliphatic heterocycles. The van der Waals surface area contributed by atoms with Crippen molar-refractivity contribution >= 4 is 11.6 Å². The summed E-state index contributed by atoms with van der Waals surface area (Å²) < 4.78 is 1.65. The van der Waals surface area contributed by atoms with Gasteiger partial charge in [0.15, 0.2) is 0 Å². The minimum absolute atomic E-state index is 0.156. The van der Waals surface area contributed by atoms with E-state index in [1.807, 2.05) is 13.8 Å². The van der Waals surface area contributed by atoms with Crippen LogP contribution >= 0.6 is 11.6 Å². The summed E-state index contributed by atoms with van der Waals surface area (Å²) in [5.41, 5.74) is 5.91. The molecule has 0 amide bonds. The van der Waals surface area contributed by atoms with E-state index >= 15 is 0 Å². The van der Waals surface area contributed by atoms with E-state index in [1.165, 1.54) is 0 Å². The topological polar surface area (TPSA) is 64.1 Å². The predicted octanol–water partition coefficient (Wildman–Crippen LogP) is 1.11. The van der Waals surface area contributed by atoms with Crippen LogP contribution in [0.4, 0.5) is 0 Å². The average Bonchev–Trinajstić information content (AvgIpc) is 2.46. The molecule has 1 unspecified atom stereocenters. The van der Waals surface area contributed by atoms with Gasteiger partial charge in [-0.2, -0.15) is 5.10 Å². The molecule has 0 saturated carbocycles. The highest BCUT2D eigenvalue weighted by Gasteiger charge is 2.16. The van der Waals surface area contributed by atoms with Gasteiger partial charge in [0.1, 0.15) is 5.15 Å². The zero-order valence-electron chi connectivity index (χ0n) is 7.74. The van der Waals surface area contributed by atoms with Crippen molar-refractivity contribution in [3.05, 3.63) is 16.9 Å². The number of rotatable bonds is 3. The maximum atomic E-state index is 9.44. The van der Waals surface area contributed by atoms with Gasteiger partial charge in [0.25, 0.3) is 0 Å². The minimum Gasteiger partial charge on any atom is -0.387 e. The van der Waals surface area contributed by atoms with Gasteiger partial charge in [-0.05, 0) is 13.8 Å². The fourth-order valence-electron chi connectivity index (χ4n) is 1.07. The molecule has 3 N–H and O–H groups in total. The third-order valence-electron chi connectivity index (χ3n) is 1.83. The van der Waals surface area contributed by atoms with Crippen LogP contribution in [-0.4, -0.2) is 21.4 Å². The molecule has 0 fully saturated rings. The lowest BCUT2D eigenvalue weighted by Crippen LogP contribution is -2.11. The van der Waals surface area contributed by atoms with Gasteiger partial charge in [-0.15, -0.1) is 0 Å². The maximum absolute atomic E-state index is 9.44.